The summed E-state index contributed by atoms with van der Waals surface area (Å²) in [4.78, 5) is 14.2. The number of hydrogen-bond acceptors (Lipinski definition) is 2. The molecule has 0 aliphatic carbocycles. The van der Waals surface area contributed by atoms with Crippen LogP contribution in [-0.4, -0.2) is 36.7 Å². The number of likely N-dealkylation sites (tertiary alicyclic amines) is 1. The lowest BCUT2D eigenvalue weighted by Crippen LogP contribution is -2.49. The molecule has 1 N–H and O–H groups in total. The predicted molar refractivity (Wildman–Crippen MR) is 79.1 cm³/mol. The van der Waals surface area contributed by atoms with Gasteiger partial charge in [-0.1, -0.05) is 23.7 Å². The quantitative estimate of drug-likeness (QED) is 0.863. The van der Waals surface area contributed by atoms with Crippen LogP contribution >= 0.6 is 11.6 Å². The highest BCUT2D eigenvalue weighted by molar-refractivity contribution is 6.33. The molecule has 4 nitrogen and oxygen atoms in total. The molecule has 0 bridgehead atoms. The number of rotatable bonds is 1. The van der Waals surface area contributed by atoms with Crippen LogP contribution < -0.4 is 5.32 Å². The fraction of sp³-hybridized carbons (Fsp3) is 0.533. The number of piperidine rings is 1. The molecule has 2 aliphatic rings. The Morgan fingerprint density at radius 3 is 3.05 bits per heavy atom. The zero-order valence-electron chi connectivity index (χ0n) is 11.3. The smallest absolute Gasteiger partial charge is 0.321 e. The normalized spacial score (nSPS) is 25.9. The van der Waals surface area contributed by atoms with Crippen molar-refractivity contribution < 1.29 is 9.53 Å². The zero-order valence-corrected chi connectivity index (χ0v) is 12.1. The molecule has 0 unspecified atom stereocenters. The highest BCUT2D eigenvalue weighted by atomic mass is 35.5. The molecule has 2 atom stereocenters. The van der Waals surface area contributed by atoms with Gasteiger partial charge in [0.05, 0.1) is 16.8 Å². The van der Waals surface area contributed by atoms with Gasteiger partial charge < -0.3 is 15.0 Å². The maximum atomic E-state index is 12.3. The van der Waals surface area contributed by atoms with Gasteiger partial charge >= 0.3 is 6.03 Å². The van der Waals surface area contributed by atoms with Crippen LogP contribution in [0.2, 0.25) is 5.02 Å². The number of para-hydroxylation sites is 1. The minimum absolute atomic E-state index is 0.0675. The molecule has 2 saturated heterocycles. The number of halogens is 1. The predicted octanol–water partition coefficient (Wildman–Crippen LogP) is 3.37. The van der Waals surface area contributed by atoms with E-state index < -0.39 is 0 Å². The highest BCUT2D eigenvalue weighted by Gasteiger charge is 2.33. The molecule has 2 amide bonds. The molecule has 0 aromatic heterocycles. The molecule has 5 heteroatoms. The monoisotopic (exact) mass is 294 g/mol. The van der Waals surface area contributed by atoms with Gasteiger partial charge in [-0.15, -0.1) is 0 Å². The van der Waals surface area contributed by atoms with Gasteiger partial charge in [-0.3, -0.25) is 0 Å². The van der Waals surface area contributed by atoms with Crippen LogP contribution in [0.15, 0.2) is 24.3 Å². The first-order valence-electron chi connectivity index (χ1n) is 7.16. The summed E-state index contributed by atoms with van der Waals surface area (Å²) in [6.07, 6.45) is 3.52. The number of ether oxygens (including phenoxy) is 1. The van der Waals surface area contributed by atoms with Crippen LogP contribution in [0.5, 0.6) is 0 Å². The fourth-order valence-electron chi connectivity index (χ4n) is 3.03. The van der Waals surface area contributed by atoms with Gasteiger partial charge in [-0.25, -0.2) is 4.79 Å². The summed E-state index contributed by atoms with van der Waals surface area (Å²) in [6.45, 7) is 2.39. The molecule has 0 saturated carbocycles. The summed E-state index contributed by atoms with van der Waals surface area (Å²) in [5.41, 5.74) is 0.668. The van der Waals surface area contributed by atoms with Gasteiger partial charge in [0, 0.05) is 25.6 Å². The number of fused-ring (bicyclic) bond motifs is 1. The molecule has 108 valence electrons. The molecular weight excluding hydrogens is 276 g/mol. The summed E-state index contributed by atoms with van der Waals surface area (Å²) in [5.74, 6) is 0.481. The third-order valence-electron chi connectivity index (χ3n) is 4.12. The topological polar surface area (TPSA) is 41.6 Å². The Balaban J connectivity index is 1.62. The average Bonchev–Trinajstić information content (AvgIpc) is 2.49. The van der Waals surface area contributed by atoms with Gasteiger partial charge in [0.2, 0.25) is 0 Å². The number of urea groups is 1. The Hall–Kier alpha value is -1.26. The fourth-order valence-corrected chi connectivity index (χ4v) is 3.21. The molecular formula is C15H19ClN2O2. The van der Waals surface area contributed by atoms with Crippen LogP contribution in [0, 0.1) is 5.92 Å². The second-order valence-corrected chi connectivity index (χ2v) is 5.86. The molecule has 1 aromatic rings. The van der Waals surface area contributed by atoms with E-state index in [1.165, 1.54) is 0 Å². The molecule has 2 heterocycles. The standard InChI is InChI=1S/C15H19ClN2O2/c16-12-5-1-2-6-13(12)17-15(19)18-8-7-14-11(10-18)4-3-9-20-14/h1-2,5-6,11,14H,3-4,7-10H2,(H,17,19)/t11-,14-/m1/s1. The first-order valence-corrected chi connectivity index (χ1v) is 7.54. The van der Waals surface area contributed by atoms with E-state index in [0.717, 1.165) is 39.0 Å². The summed E-state index contributed by atoms with van der Waals surface area (Å²) in [6, 6.07) is 7.24. The van der Waals surface area contributed by atoms with Crippen molar-refractivity contribution >= 4 is 23.3 Å². The Bertz CT molecular complexity index is 495. The Morgan fingerprint density at radius 2 is 2.20 bits per heavy atom. The van der Waals surface area contributed by atoms with Gasteiger partial charge in [-0.2, -0.15) is 0 Å². The van der Waals surface area contributed by atoms with Crippen molar-refractivity contribution in [3.63, 3.8) is 0 Å². The Labute approximate surface area is 124 Å². The number of nitrogens with zero attached hydrogens (tertiary/aromatic N) is 1. The zero-order chi connectivity index (χ0) is 13.9. The lowest BCUT2D eigenvalue weighted by atomic mass is 9.89. The van der Waals surface area contributed by atoms with Crippen LogP contribution in [-0.2, 0) is 4.74 Å². The maximum absolute atomic E-state index is 12.3. The molecule has 20 heavy (non-hydrogen) atoms. The number of hydrogen-bond donors (Lipinski definition) is 1. The summed E-state index contributed by atoms with van der Waals surface area (Å²) >= 11 is 6.06. The summed E-state index contributed by atoms with van der Waals surface area (Å²) in [7, 11) is 0. The van der Waals surface area contributed by atoms with E-state index in [0.29, 0.717) is 22.7 Å². The van der Waals surface area contributed by atoms with Crippen molar-refractivity contribution in [2.24, 2.45) is 5.92 Å². The van der Waals surface area contributed by atoms with Gasteiger partial charge in [-0.05, 0) is 31.4 Å². The van der Waals surface area contributed by atoms with Crippen LogP contribution in [0.3, 0.4) is 0 Å². The molecule has 0 radical (unpaired) electrons. The van der Waals surface area contributed by atoms with Crippen molar-refractivity contribution in [2.45, 2.75) is 25.4 Å². The van der Waals surface area contributed by atoms with Gasteiger partial charge in [0.15, 0.2) is 0 Å². The lowest BCUT2D eigenvalue weighted by molar-refractivity contribution is -0.0578. The lowest BCUT2D eigenvalue weighted by Gasteiger charge is -2.40. The van der Waals surface area contributed by atoms with E-state index in [2.05, 4.69) is 5.32 Å². The Kier molecular flexibility index (Phi) is 4.13. The minimum atomic E-state index is -0.0675. The van der Waals surface area contributed by atoms with Crippen molar-refractivity contribution in [1.29, 1.82) is 0 Å². The first kappa shape index (κ1) is 13.7. The summed E-state index contributed by atoms with van der Waals surface area (Å²) < 4.78 is 5.77. The SMILES string of the molecule is O=C(Nc1ccccc1Cl)N1CC[C@H]2OCCC[C@@H]2C1. The van der Waals surface area contributed by atoms with E-state index in [-0.39, 0.29) is 6.03 Å². The summed E-state index contributed by atoms with van der Waals surface area (Å²) in [5, 5.41) is 3.46. The van der Waals surface area contributed by atoms with E-state index in [9.17, 15) is 4.79 Å². The third-order valence-corrected chi connectivity index (χ3v) is 4.45. The second kappa shape index (κ2) is 6.02. The largest absolute Gasteiger partial charge is 0.378 e. The van der Waals surface area contributed by atoms with E-state index in [4.69, 9.17) is 16.3 Å². The number of carbonyl (C=O) groups excluding carboxylic acids is 1. The van der Waals surface area contributed by atoms with E-state index in [1.807, 2.05) is 23.1 Å². The number of nitrogens with one attached hydrogen (secondary N) is 1. The van der Waals surface area contributed by atoms with Crippen molar-refractivity contribution in [3.05, 3.63) is 29.3 Å². The van der Waals surface area contributed by atoms with E-state index in [1.54, 1.807) is 6.07 Å². The van der Waals surface area contributed by atoms with Crippen LogP contribution in [0.1, 0.15) is 19.3 Å². The van der Waals surface area contributed by atoms with Crippen LogP contribution in [0.25, 0.3) is 0 Å². The average molecular weight is 295 g/mol. The number of benzene rings is 1. The highest BCUT2D eigenvalue weighted by Crippen LogP contribution is 2.29. The maximum Gasteiger partial charge on any atom is 0.321 e. The van der Waals surface area contributed by atoms with Gasteiger partial charge in [0.1, 0.15) is 0 Å². The number of amides is 2. The minimum Gasteiger partial charge on any atom is -0.378 e. The first-order chi connectivity index (χ1) is 9.74. The Morgan fingerprint density at radius 1 is 1.35 bits per heavy atom. The second-order valence-electron chi connectivity index (χ2n) is 5.46. The molecule has 0 spiro atoms. The molecule has 1 aromatic carbocycles. The molecule has 3 rings (SSSR count). The van der Waals surface area contributed by atoms with Crippen LogP contribution in [0.4, 0.5) is 10.5 Å². The van der Waals surface area contributed by atoms with Crippen molar-refractivity contribution in [2.75, 3.05) is 25.0 Å². The van der Waals surface area contributed by atoms with Crippen molar-refractivity contribution in [1.82, 2.24) is 4.90 Å². The number of carbonyl (C=O) groups is 1. The number of anilines is 1. The molecule has 2 fully saturated rings. The van der Waals surface area contributed by atoms with Gasteiger partial charge in [0.25, 0.3) is 0 Å². The van der Waals surface area contributed by atoms with E-state index >= 15 is 0 Å². The molecule has 2 aliphatic heterocycles. The third kappa shape index (κ3) is 2.91. The van der Waals surface area contributed by atoms with Crippen molar-refractivity contribution in [3.8, 4) is 0 Å².